The first-order valence-corrected chi connectivity index (χ1v) is 4.10. The fourth-order valence-corrected chi connectivity index (χ4v) is 1.22. The zero-order valence-electron chi connectivity index (χ0n) is 7.41. The van der Waals surface area contributed by atoms with Crippen LogP contribution in [0.3, 0.4) is 0 Å². The van der Waals surface area contributed by atoms with E-state index in [-0.39, 0.29) is 21.8 Å². The summed E-state index contributed by atoms with van der Waals surface area (Å²) >= 11 is 5.74. The van der Waals surface area contributed by atoms with Gasteiger partial charge in [-0.3, -0.25) is 4.79 Å². The summed E-state index contributed by atoms with van der Waals surface area (Å²) in [7, 11) is 1.23. The van der Waals surface area contributed by atoms with Gasteiger partial charge in [0.2, 0.25) is 0 Å². The van der Waals surface area contributed by atoms with Crippen molar-refractivity contribution in [3.05, 3.63) is 28.3 Å². The number of ether oxygens (including phenoxy) is 1. The Hall–Kier alpha value is -1.55. The van der Waals surface area contributed by atoms with E-state index in [9.17, 15) is 9.59 Å². The molecule has 0 bridgehead atoms. The molecule has 1 aromatic rings. The molecule has 0 aliphatic carbocycles. The Balaban J connectivity index is 3.30. The molecule has 4 nitrogen and oxygen atoms in total. The molecule has 0 amide bonds. The van der Waals surface area contributed by atoms with Crippen molar-refractivity contribution < 1.29 is 14.3 Å². The normalized spacial score (nSPS) is 9.57. The molecule has 0 saturated heterocycles. The third kappa shape index (κ3) is 1.85. The Morgan fingerprint density at radius 1 is 1.57 bits per heavy atom. The lowest BCUT2D eigenvalue weighted by atomic mass is 10.1. The first-order chi connectivity index (χ1) is 6.60. The van der Waals surface area contributed by atoms with Crippen molar-refractivity contribution >= 4 is 29.5 Å². The largest absolute Gasteiger partial charge is 0.465 e. The first kappa shape index (κ1) is 10.5. The number of nitrogens with two attached hydrogens (primary N) is 1. The number of carbonyl (C=O) groups is 2. The number of anilines is 1. The van der Waals surface area contributed by atoms with Crippen LogP contribution in [-0.2, 0) is 4.74 Å². The molecule has 0 aliphatic heterocycles. The molecule has 2 N–H and O–H groups in total. The van der Waals surface area contributed by atoms with E-state index >= 15 is 0 Å². The number of methoxy groups -OCH3 is 1. The Kier molecular flexibility index (Phi) is 3.09. The van der Waals surface area contributed by atoms with E-state index in [0.717, 1.165) is 0 Å². The van der Waals surface area contributed by atoms with E-state index in [1.807, 2.05) is 0 Å². The minimum Gasteiger partial charge on any atom is -0.465 e. The second-order valence-corrected chi connectivity index (χ2v) is 2.98. The molecule has 0 atom stereocenters. The summed E-state index contributed by atoms with van der Waals surface area (Å²) in [6.45, 7) is 0. The lowest BCUT2D eigenvalue weighted by molar-refractivity contribution is 0.0601. The number of hydrogen-bond donors (Lipinski definition) is 1. The van der Waals surface area contributed by atoms with Crippen molar-refractivity contribution in [2.45, 2.75) is 0 Å². The molecule has 0 heterocycles. The zero-order chi connectivity index (χ0) is 10.7. The van der Waals surface area contributed by atoms with Crippen molar-refractivity contribution in [2.75, 3.05) is 12.8 Å². The van der Waals surface area contributed by atoms with Gasteiger partial charge in [-0.25, -0.2) is 4.79 Å². The lowest BCUT2D eigenvalue weighted by Crippen LogP contribution is -2.04. The highest BCUT2D eigenvalue weighted by atomic mass is 35.5. The average molecular weight is 214 g/mol. The standard InChI is InChI=1S/C9H8ClNO3/c1-14-9(13)6-2-5(4-12)8(11)3-7(6)10/h2-4H,11H2,1H3. The van der Waals surface area contributed by atoms with Crippen LogP contribution in [-0.4, -0.2) is 19.4 Å². The van der Waals surface area contributed by atoms with Crippen LogP contribution < -0.4 is 5.73 Å². The molecule has 0 aliphatic rings. The summed E-state index contributed by atoms with van der Waals surface area (Å²) < 4.78 is 4.48. The number of aldehydes is 1. The van der Waals surface area contributed by atoms with Gasteiger partial charge in [-0.2, -0.15) is 0 Å². The SMILES string of the molecule is COC(=O)c1cc(C=O)c(N)cc1Cl. The summed E-state index contributed by atoms with van der Waals surface area (Å²) in [6, 6.07) is 2.65. The molecule has 0 fully saturated rings. The molecule has 0 saturated carbocycles. The summed E-state index contributed by atoms with van der Waals surface area (Å²) in [5, 5.41) is 0.167. The van der Waals surface area contributed by atoms with Crippen LogP contribution in [0, 0.1) is 0 Å². The van der Waals surface area contributed by atoms with Gasteiger partial charge < -0.3 is 10.5 Å². The topological polar surface area (TPSA) is 69.4 Å². The van der Waals surface area contributed by atoms with Crippen molar-refractivity contribution in [3.63, 3.8) is 0 Å². The first-order valence-electron chi connectivity index (χ1n) is 3.72. The fraction of sp³-hybridized carbons (Fsp3) is 0.111. The predicted molar refractivity (Wildman–Crippen MR) is 52.6 cm³/mol. The van der Waals surface area contributed by atoms with E-state index in [1.54, 1.807) is 0 Å². The monoisotopic (exact) mass is 213 g/mol. The van der Waals surface area contributed by atoms with Crippen molar-refractivity contribution in [3.8, 4) is 0 Å². The summed E-state index contributed by atoms with van der Waals surface area (Å²) in [5.41, 5.74) is 6.06. The number of nitrogen functional groups attached to an aromatic ring is 1. The maximum absolute atomic E-state index is 11.2. The molecule has 5 heteroatoms. The highest BCUT2D eigenvalue weighted by molar-refractivity contribution is 6.34. The van der Waals surface area contributed by atoms with Gasteiger partial charge in [0.1, 0.15) is 0 Å². The average Bonchev–Trinajstić information content (AvgIpc) is 2.17. The van der Waals surface area contributed by atoms with Gasteiger partial charge in [0.05, 0.1) is 17.7 Å². The van der Waals surface area contributed by atoms with Crippen LogP contribution in [0.2, 0.25) is 5.02 Å². The van der Waals surface area contributed by atoms with Crippen molar-refractivity contribution in [1.29, 1.82) is 0 Å². The Morgan fingerprint density at radius 2 is 2.21 bits per heavy atom. The van der Waals surface area contributed by atoms with Gasteiger partial charge in [0, 0.05) is 11.3 Å². The van der Waals surface area contributed by atoms with Gasteiger partial charge in [-0.1, -0.05) is 11.6 Å². The third-order valence-corrected chi connectivity index (χ3v) is 2.02. The molecular weight excluding hydrogens is 206 g/mol. The highest BCUT2D eigenvalue weighted by Crippen LogP contribution is 2.22. The van der Waals surface area contributed by atoms with E-state index in [2.05, 4.69) is 4.74 Å². The predicted octanol–water partition coefficient (Wildman–Crippen LogP) is 1.52. The minimum atomic E-state index is -0.599. The Bertz CT molecular complexity index is 390. The van der Waals surface area contributed by atoms with E-state index < -0.39 is 5.97 Å². The second-order valence-electron chi connectivity index (χ2n) is 2.57. The fourth-order valence-electron chi connectivity index (χ4n) is 0.974. The molecule has 0 spiro atoms. The van der Waals surface area contributed by atoms with E-state index in [0.29, 0.717) is 6.29 Å². The number of carbonyl (C=O) groups excluding carboxylic acids is 2. The Morgan fingerprint density at radius 3 is 2.71 bits per heavy atom. The number of benzene rings is 1. The number of halogens is 1. The van der Waals surface area contributed by atoms with Crippen LogP contribution in [0.4, 0.5) is 5.69 Å². The molecule has 74 valence electrons. The molecular formula is C9H8ClNO3. The number of rotatable bonds is 2. The van der Waals surface area contributed by atoms with Gasteiger partial charge in [-0.15, -0.1) is 0 Å². The molecule has 0 radical (unpaired) electrons. The molecule has 1 rings (SSSR count). The highest BCUT2D eigenvalue weighted by Gasteiger charge is 2.13. The van der Waals surface area contributed by atoms with Crippen LogP contribution in [0.5, 0.6) is 0 Å². The molecule has 0 unspecified atom stereocenters. The van der Waals surface area contributed by atoms with Gasteiger partial charge in [-0.05, 0) is 12.1 Å². The van der Waals surface area contributed by atoms with Crippen molar-refractivity contribution in [1.82, 2.24) is 0 Å². The van der Waals surface area contributed by atoms with Gasteiger partial charge >= 0.3 is 5.97 Å². The van der Waals surface area contributed by atoms with E-state index in [1.165, 1.54) is 19.2 Å². The van der Waals surface area contributed by atoms with Crippen LogP contribution in [0.15, 0.2) is 12.1 Å². The van der Waals surface area contributed by atoms with Crippen LogP contribution >= 0.6 is 11.6 Å². The van der Waals surface area contributed by atoms with Gasteiger partial charge in [0.25, 0.3) is 0 Å². The Labute approximate surface area is 85.6 Å². The summed E-state index contributed by atoms with van der Waals surface area (Å²) in [5.74, 6) is -0.599. The molecule has 1 aromatic carbocycles. The maximum atomic E-state index is 11.2. The number of hydrogen-bond acceptors (Lipinski definition) is 4. The quantitative estimate of drug-likeness (QED) is 0.459. The van der Waals surface area contributed by atoms with E-state index in [4.69, 9.17) is 17.3 Å². The third-order valence-electron chi connectivity index (χ3n) is 1.70. The molecule has 0 aromatic heterocycles. The van der Waals surface area contributed by atoms with Gasteiger partial charge in [0.15, 0.2) is 6.29 Å². The zero-order valence-corrected chi connectivity index (χ0v) is 8.17. The maximum Gasteiger partial charge on any atom is 0.339 e. The summed E-state index contributed by atoms with van der Waals surface area (Å²) in [4.78, 5) is 21.7. The smallest absolute Gasteiger partial charge is 0.339 e. The van der Waals surface area contributed by atoms with Crippen molar-refractivity contribution in [2.24, 2.45) is 0 Å². The lowest BCUT2D eigenvalue weighted by Gasteiger charge is -2.05. The molecule has 14 heavy (non-hydrogen) atoms. The number of esters is 1. The van der Waals surface area contributed by atoms with Crippen LogP contribution in [0.1, 0.15) is 20.7 Å². The minimum absolute atomic E-state index is 0.130. The summed E-state index contributed by atoms with van der Waals surface area (Å²) in [6.07, 6.45) is 0.554. The second kappa shape index (κ2) is 4.11. The van der Waals surface area contributed by atoms with Crippen LogP contribution in [0.25, 0.3) is 0 Å².